The molecule has 3 aromatic rings. The second-order valence-electron chi connectivity index (χ2n) is 8.56. The number of likely N-dealkylation sites (tertiary alicyclic amines) is 1. The van der Waals surface area contributed by atoms with Crippen molar-refractivity contribution in [3.63, 3.8) is 0 Å². The van der Waals surface area contributed by atoms with E-state index in [9.17, 15) is 40.3 Å². The molecule has 3 heterocycles. The Morgan fingerprint density at radius 1 is 1.14 bits per heavy atom. The third-order valence-electron chi connectivity index (χ3n) is 5.94. The Kier molecular flexibility index (Phi) is 6.50. The van der Waals surface area contributed by atoms with Crippen molar-refractivity contribution in [1.82, 2.24) is 24.8 Å². The Bertz CT molecular complexity index is 1370. The van der Waals surface area contributed by atoms with Gasteiger partial charge in [0, 0.05) is 17.7 Å². The van der Waals surface area contributed by atoms with Crippen LogP contribution >= 0.6 is 0 Å². The van der Waals surface area contributed by atoms with Crippen molar-refractivity contribution >= 4 is 23.1 Å². The van der Waals surface area contributed by atoms with Crippen LogP contribution in [-0.4, -0.2) is 62.8 Å². The quantitative estimate of drug-likeness (QED) is 0.501. The highest BCUT2D eigenvalue weighted by Crippen LogP contribution is 2.38. The molecule has 15 heteroatoms. The van der Waals surface area contributed by atoms with Gasteiger partial charge in [-0.25, -0.2) is 13.9 Å². The highest BCUT2D eigenvalue weighted by Gasteiger charge is 2.41. The molecule has 1 aromatic carbocycles. The van der Waals surface area contributed by atoms with Crippen molar-refractivity contribution in [1.29, 1.82) is 0 Å². The lowest BCUT2D eigenvalue weighted by atomic mass is 10.0. The van der Waals surface area contributed by atoms with Gasteiger partial charge >= 0.3 is 12.4 Å². The fourth-order valence-electron chi connectivity index (χ4n) is 4.15. The number of hydrogen-bond acceptors (Lipinski definition) is 5. The average molecular weight is 532 g/mol. The largest absolute Gasteiger partial charge is 0.418 e. The summed E-state index contributed by atoms with van der Waals surface area (Å²) in [6.45, 7) is 0.461. The van der Waals surface area contributed by atoms with Crippen LogP contribution in [0.25, 0.3) is 16.8 Å². The summed E-state index contributed by atoms with van der Waals surface area (Å²) in [5, 5.41) is 6.22. The van der Waals surface area contributed by atoms with E-state index in [2.05, 4.69) is 15.4 Å². The van der Waals surface area contributed by atoms with Gasteiger partial charge in [0.1, 0.15) is 24.4 Å². The molecule has 4 rings (SSSR count). The number of nitrogens with zero attached hydrogens (tertiary/aromatic N) is 4. The first kappa shape index (κ1) is 26.2. The number of aryl methyl sites for hydroxylation is 1. The molecular formula is C22H19F7N6O2. The molecule has 2 atom stereocenters. The molecule has 1 aliphatic rings. The van der Waals surface area contributed by atoms with E-state index in [1.54, 1.807) is 0 Å². The summed E-state index contributed by atoms with van der Waals surface area (Å²) in [6, 6.07) is 3.73. The normalized spacial score (nSPS) is 18.4. The van der Waals surface area contributed by atoms with E-state index in [1.165, 1.54) is 25.1 Å². The van der Waals surface area contributed by atoms with Crippen molar-refractivity contribution in [2.75, 3.05) is 18.8 Å². The predicted octanol–water partition coefficient (Wildman–Crippen LogP) is 3.54. The number of alkyl halides is 7. The van der Waals surface area contributed by atoms with E-state index in [-0.39, 0.29) is 16.8 Å². The summed E-state index contributed by atoms with van der Waals surface area (Å²) in [7, 11) is 0. The second-order valence-corrected chi connectivity index (χ2v) is 8.56. The van der Waals surface area contributed by atoms with E-state index in [1.807, 2.05) is 0 Å². The average Bonchev–Trinajstić information content (AvgIpc) is 3.35. The van der Waals surface area contributed by atoms with Crippen molar-refractivity contribution in [2.24, 2.45) is 0 Å². The molecule has 1 saturated heterocycles. The van der Waals surface area contributed by atoms with Gasteiger partial charge in [-0.05, 0) is 24.6 Å². The van der Waals surface area contributed by atoms with Crippen LogP contribution in [-0.2, 0) is 11.0 Å². The number of benzene rings is 1. The molecular weight excluding hydrogens is 513 g/mol. The Balaban J connectivity index is 1.62. The fraction of sp³-hybridized carbons (Fsp3) is 0.364. The summed E-state index contributed by atoms with van der Waals surface area (Å²) in [6.07, 6.45) is -12.1. The van der Waals surface area contributed by atoms with Crippen LogP contribution in [0, 0.1) is 6.92 Å². The van der Waals surface area contributed by atoms with Gasteiger partial charge in [0.05, 0.1) is 23.8 Å². The van der Waals surface area contributed by atoms with Gasteiger partial charge in [-0.3, -0.25) is 9.59 Å². The number of aromatic nitrogens is 3. The second kappa shape index (κ2) is 9.19. The minimum atomic E-state index is -4.78. The molecule has 2 amide bonds. The number of nitrogens with two attached hydrogens (primary N) is 1. The lowest BCUT2D eigenvalue weighted by Gasteiger charge is -2.18. The molecule has 8 nitrogen and oxygen atoms in total. The third-order valence-corrected chi connectivity index (χ3v) is 5.94. The van der Waals surface area contributed by atoms with Crippen LogP contribution in [0.1, 0.15) is 27.9 Å². The molecule has 0 spiro atoms. The van der Waals surface area contributed by atoms with Crippen LogP contribution in [0.5, 0.6) is 0 Å². The first-order valence-electron chi connectivity index (χ1n) is 10.8. The molecule has 37 heavy (non-hydrogen) atoms. The zero-order valence-corrected chi connectivity index (χ0v) is 19.0. The number of halogens is 7. The number of anilines is 1. The first-order valence-corrected chi connectivity index (χ1v) is 10.8. The Hall–Kier alpha value is -3.91. The highest BCUT2D eigenvalue weighted by molar-refractivity contribution is 5.97. The Morgan fingerprint density at radius 3 is 2.49 bits per heavy atom. The van der Waals surface area contributed by atoms with Crippen LogP contribution in [0.3, 0.4) is 0 Å². The van der Waals surface area contributed by atoms with E-state index < -0.39 is 72.8 Å². The zero-order chi connectivity index (χ0) is 27.3. The molecule has 0 saturated carbocycles. The number of carbonyl (C=O) groups is 2. The topological polar surface area (TPSA) is 106 Å². The molecule has 198 valence electrons. The van der Waals surface area contributed by atoms with Crippen molar-refractivity contribution in [3.05, 3.63) is 47.3 Å². The minimum Gasteiger partial charge on any atom is -0.382 e. The molecule has 0 aliphatic carbocycles. The standard InChI is InChI=1S/C22H19F7N6O2/c1-10-2-3-11(16-5-13(22(27,28)29)18-19(30)31-9-32-35(16)18)4-12(10)20(37)33-15-8-34(7-14(15)23)17(36)6-21(24,25)26/h2-5,9,14-15H,6-8H2,1H3,(H,33,37)(H2,30,31,32)/t14-,15+/m0/s1. The van der Waals surface area contributed by atoms with Gasteiger partial charge in [-0.15, -0.1) is 0 Å². The maximum Gasteiger partial charge on any atom is 0.418 e. The number of fused-ring (bicyclic) bond motifs is 1. The maximum absolute atomic E-state index is 14.5. The smallest absolute Gasteiger partial charge is 0.382 e. The summed E-state index contributed by atoms with van der Waals surface area (Å²) in [4.78, 5) is 29.0. The van der Waals surface area contributed by atoms with Gasteiger partial charge < -0.3 is 16.0 Å². The Labute approximate surface area is 204 Å². The number of nitrogen functional groups attached to an aromatic ring is 1. The van der Waals surface area contributed by atoms with Gasteiger partial charge in [0.25, 0.3) is 5.91 Å². The fourth-order valence-corrected chi connectivity index (χ4v) is 4.15. The van der Waals surface area contributed by atoms with Crippen LogP contribution in [0.4, 0.5) is 36.6 Å². The van der Waals surface area contributed by atoms with E-state index in [4.69, 9.17) is 5.73 Å². The van der Waals surface area contributed by atoms with E-state index >= 15 is 0 Å². The molecule has 3 N–H and O–H groups in total. The van der Waals surface area contributed by atoms with Crippen LogP contribution < -0.4 is 11.1 Å². The zero-order valence-electron chi connectivity index (χ0n) is 19.0. The maximum atomic E-state index is 14.5. The van der Waals surface area contributed by atoms with E-state index in [0.717, 1.165) is 16.9 Å². The Morgan fingerprint density at radius 2 is 1.84 bits per heavy atom. The lowest BCUT2D eigenvalue weighted by molar-refractivity contribution is -0.160. The van der Waals surface area contributed by atoms with Gasteiger partial charge in [0.2, 0.25) is 5.91 Å². The van der Waals surface area contributed by atoms with Gasteiger partial charge in [-0.2, -0.15) is 31.4 Å². The van der Waals surface area contributed by atoms with Crippen molar-refractivity contribution in [2.45, 2.75) is 37.9 Å². The summed E-state index contributed by atoms with van der Waals surface area (Å²) in [5.74, 6) is -2.53. The van der Waals surface area contributed by atoms with E-state index in [0.29, 0.717) is 10.5 Å². The SMILES string of the molecule is Cc1ccc(-c2cc(C(F)(F)F)c3c(N)ncnn23)cc1C(=O)N[C@@H]1CN(C(=O)CC(F)(F)F)C[C@@H]1F. The van der Waals surface area contributed by atoms with Gasteiger partial charge in [0.15, 0.2) is 5.82 Å². The number of amides is 2. The molecule has 0 radical (unpaired) electrons. The summed E-state index contributed by atoms with van der Waals surface area (Å²) in [5.41, 5.74) is 4.60. The summed E-state index contributed by atoms with van der Waals surface area (Å²) < 4.78 is 93.8. The van der Waals surface area contributed by atoms with Crippen LogP contribution in [0.15, 0.2) is 30.6 Å². The number of nitrogens with one attached hydrogen (secondary N) is 1. The number of carbonyl (C=O) groups excluding carboxylic acids is 2. The first-order chi connectivity index (χ1) is 17.2. The molecule has 0 bridgehead atoms. The number of hydrogen-bond donors (Lipinski definition) is 2. The minimum absolute atomic E-state index is 0.0182. The third kappa shape index (κ3) is 5.29. The highest BCUT2D eigenvalue weighted by atomic mass is 19.4. The lowest BCUT2D eigenvalue weighted by Crippen LogP contribution is -2.42. The predicted molar refractivity (Wildman–Crippen MR) is 116 cm³/mol. The molecule has 1 fully saturated rings. The monoisotopic (exact) mass is 532 g/mol. The molecule has 0 unspecified atom stereocenters. The van der Waals surface area contributed by atoms with Crippen molar-refractivity contribution in [3.8, 4) is 11.3 Å². The number of rotatable bonds is 4. The van der Waals surface area contributed by atoms with Crippen LogP contribution in [0.2, 0.25) is 0 Å². The van der Waals surface area contributed by atoms with Gasteiger partial charge in [-0.1, -0.05) is 12.1 Å². The molecule has 2 aromatic heterocycles. The molecule has 1 aliphatic heterocycles. The summed E-state index contributed by atoms with van der Waals surface area (Å²) >= 11 is 0. The van der Waals surface area contributed by atoms with Crippen molar-refractivity contribution < 1.29 is 40.3 Å².